The number of hydrogen-bond acceptors (Lipinski definition) is 10. The quantitative estimate of drug-likeness (QED) is 0.168. The molecule has 0 aliphatic heterocycles. The average Bonchev–Trinajstić information content (AvgIpc) is 2.84. The molecule has 10 nitrogen and oxygen atoms in total. The lowest BCUT2D eigenvalue weighted by Gasteiger charge is -2.20. The first-order chi connectivity index (χ1) is 16.4. The summed E-state index contributed by atoms with van der Waals surface area (Å²) in [5, 5.41) is 25.6. The van der Waals surface area contributed by atoms with Gasteiger partial charge in [-0.05, 0) is 34.1 Å². The van der Waals surface area contributed by atoms with Crippen LogP contribution < -0.4 is 0 Å². The molecule has 3 N–H and O–H groups in total. The van der Waals surface area contributed by atoms with Gasteiger partial charge in [0.15, 0.2) is 0 Å². The number of hydrogen-bond donors (Lipinski definition) is 3. The van der Waals surface area contributed by atoms with Gasteiger partial charge in [0.1, 0.15) is 0 Å². The largest absolute Gasteiger partial charge is 0.394 e. The molecule has 208 valence electrons. The highest BCUT2D eigenvalue weighted by Crippen LogP contribution is 2.02. The maximum Gasteiger partial charge on any atom is 0.0781 e. The molecule has 0 heterocycles. The van der Waals surface area contributed by atoms with Crippen molar-refractivity contribution in [3.63, 3.8) is 0 Å². The van der Waals surface area contributed by atoms with Crippen molar-refractivity contribution in [3.8, 4) is 0 Å². The lowest BCUT2D eigenvalue weighted by atomic mass is 10.3. The van der Waals surface area contributed by atoms with Gasteiger partial charge in [0.25, 0.3) is 0 Å². The summed E-state index contributed by atoms with van der Waals surface area (Å²) in [7, 11) is 0. The molecule has 0 aromatic carbocycles. The van der Waals surface area contributed by atoms with Crippen LogP contribution in [0.4, 0.5) is 0 Å². The highest BCUT2D eigenvalue weighted by Gasteiger charge is 2.11. The zero-order chi connectivity index (χ0) is 25.9. The molecule has 0 spiro atoms. The fraction of sp³-hybridized carbons (Fsp3) is 1.00. The molecular weight excluding hydrogens is 448 g/mol. The van der Waals surface area contributed by atoms with Crippen LogP contribution in [0, 0.1) is 0 Å². The summed E-state index contributed by atoms with van der Waals surface area (Å²) in [6.07, 6.45) is 2.22. The van der Waals surface area contributed by atoms with Crippen LogP contribution in [0.2, 0.25) is 0 Å². The van der Waals surface area contributed by atoms with Crippen molar-refractivity contribution in [1.82, 2.24) is 0 Å². The Labute approximate surface area is 206 Å². The van der Waals surface area contributed by atoms with Crippen molar-refractivity contribution >= 4 is 0 Å². The molecule has 0 aromatic heterocycles. The first kappa shape index (κ1) is 35.8. The summed E-state index contributed by atoms with van der Waals surface area (Å²) in [6.45, 7) is 15.1. The maximum absolute atomic E-state index is 8.87. The number of aliphatic hydroxyl groups is 3. The van der Waals surface area contributed by atoms with Gasteiger partial charge in [0, 0.05) is 6.61 Å². The Morgan fingerprint density at radius 1 is 0.500 bits per heavy atom. The van der Waals surface area contributed by atoms with Gasteiger partial charge in [-0.15, -0.1) is 0 Å². The summed E-state index contributed by atoms with van der Waals surface area (Å²) in [5.74, 6) is 0. The van der Waals surface area contributed by atoms with E-state index < -0.39 is 0 Å². The smallest absolute Gasteiger partial charge is 0.0781 e. The van der Waals surface area contributed by atoms with Crippen LogP contribution in [0.3, 0.4) is 0 Å². The van der Waals surface area contributed by atoms with Gasteiger partial charge in [-0.25, -0.2) is 0 Å². The molecule has 4 unspecified atom stereocenters. The Morgan fingerprint density at radius 2 is 0.882 bits per heavy atom. The van der Waals surface area contributed by atoms with Crippen LogP contribution in [-0.2, 0) is 33.2 Å². The van der Waals surface area contributed by atoms with Gasteiger partial charge in [0.2, 0.25) is 0 Å². The van der Waals surface area contributed by atoms with E-state index >= 15 is 0 Å². The standard InChI is InChI=1S/C16H34O5.C8H18O5/c1-6-7-8-18-14(3)10-20-16(5)12-21-15(4)11-19-13(2)9-17;9-1-3-11-5-7-13-8-6-12-4-2-10/h13-17H,6-12H2,1-5H3;9-10H,1-8H2. The van der Waals surface area contributed by atoms with E-state index in [2.05, 4.69) is 6.92 Å². The molecule has 0 aromatic rings. The SMILES string of the molecule is CCCCOC(C)COC(C)COC(C)COC(C)CO.OCCOCCOCCOCCO. The average molecular weight is 501 g/mol. The van der Waals surface area contributed by atoms with Crippen molar-refractivity contribution in [3.05, 3.63) is 0 Å². The zero-order valence-corrected chi connectivity index (χ0v) is 22.1. The maximum atomic E-state index is 8.87. The first-order valence-corrected chi connectivity index (χ1v) is 12.4. The summed E-state index contributed by atoms with van der Waals surface area (Å²) >= 11 is 0. The minimum atomic E-state index is -0.147. The molecule has 0 saturated carbocycles. The second-order valence-corrected chi connectivity index (χ2v) is 7.93. The molecule has 0 bridgehead atoms. The molecule has 10 heteroatoms. The van der Waals surface area contributed by atoms with Crippen molar-refractivity contribution in [2.24, 2.45) is 0 Å². The fourth-order valence-electron chi connectivity index (χ4n) is 2.20. The third-order valence-corrected chi connectivity index (χ3v) is 4.22. The predicted molar refractivity (Wildman–Crippen MR) is 130 cm³/mol. The van der Waals surface area contributed by atoms with E-state index in [1.807, 2.05) is 27.7 Å². The Morgan fingerprint density at radius 3 is 1.26 bits per heavy atom. The van der Waals surface area contributed by atoms with Crippen molar-refractivity contribution in [2.75, 3.05) is 85.9 Å². The first-order valence-electron chi connectivity index (χ1n) is 12.4. The Kier molecular flexibility index (Phi) is 30.3. The van der Waals surface area contributed by atoms with E-state index in [9.17, 15) is 0 Å². The number of unbranched alkanes of at least 4 members (excludes halogenated alkanes) is 1. The Balaban J connectivity index is 0. The van der Waals surface area contributed by atoms with Gasteiger partial charge >= 0.3 is 0 Å². The predicted octanol–water partition coefficient (Wildman–Crippen LogP) is 1.42. The molecule has 4 atom stereocenters. The number of rotatable bonds is 24. The van der Waals surface area contributed by atoms with Gasteiger partial charge < -0.3 is 48.5 Å². The van der Waals surface area contributed by atoms with Crippen LogP contribution in [0.1, 0.15) is 47.5 Å². The molecule has 0 aliphatic rings. The van der Waals surface area contributed by atoms with Gasteiger partial charge in [-0.2, -0.15) is 0 Å². The summed E-state index contributed by atoms with van der Waals surface area (Å²) in [5.41, 5.74) is 0. The summed E-state index contributed by atoms with van der Waals surface area (Å²) in [4.78, 5) is 0. The second kappa shape index (κ2) is 28.8. The molecule has 0 saturated heterocycles. The molecule has 0 radical (unpaired) electrons. The molecule has 34 heavy (non-hydrogen) atoms. The minimum absolute atomic E-state index is 0.0109. The fourth-order valence-corrected chi connectivity index (χ4v) is 2.20. The number of aliphatic hydroxyl groups excluding tert-OH is 3. The molecular formula is C24H52O10. The van der Waals surface area contributed by atoms with Crippen LogP contribution in [-0.4, -0.2) is 126 Å². The Bertz CT molecular complexity index is 366. The molecule has 0 amide bonds. The van der Waals surface area contributed by atoms with Crippen LogP contribution in [0.15, 0.2) is 0 Å². The lowest BCUT2D eigenvalue weighted by Crippen LogP contribution is -2.28. The molecule has 0 rings (SSSR count). The van der Waals surface area contributed by atoms with Crippen LogP contribution in [0.5, 0.6) is 0 Å². The normalized spacial score (nSPS) is 14.8. The van der Waals surface area contributed by atoms with Crippen molar-refractivity contribution in [1.29, 1.82) is 0 Å². The second-order valence-electron chi connectivity index (χ2n) is 7.93. The van der Waals surface area contributed by atoms with E-state index in [0.29, 0.717) is 59.5 Å². The Hall–Kier alpha value is -0.400. The van der Waals surface area contributed by atoms with Gasteiger partial charge in [-0.1, -0.05) is 13.3 Å². The lowest BCUT2D eigenvalue weighted by molar-refractivity contribution is -0.0891. The minimum Gasteiger partial charge on any atom is -0.394 e. The van der Waals surface area contributed by atoms with E-state index in [1.54, 1.807) is 0 Å². The van der Waals surface area contributed by atoms with Crippen molar-refractivity contribution < 1.29 is 48.5 Å². The zero-order valence-electron chi connectivity index (χ0n) is 22.1. The monoisotopic (exact) mass is 500 g/mol. The van der Waals surface area contributed by atoms with E-state index in [1.165, 1.54) is 0 Å². The topological polar surface area (TPSA) is 125 Å². The highest BCUT2D eigenvalue weighted by molar-refractivity contribution is 4.56. The molecule has 0 aliphatic carbocycles. The molecule has 0 fully saturated rings. The summed E-state index contributed by atoms with van der Waals surface area (Å²) in [6, 6.07) is 0. The van der Waals surface area contributed by atoms with E-state index in [0.717, 1.165) is 19.4 Å². The van der Waals surface area contributed by atoms with Gasteiger partial charge in [0.05, 0.1) is 104 Å². The van der Waals surface area contributed by atoms with Gasteiger partial charge in [-0.3, -0.25) is 0 Å². The summed E-state index contributed by atoms with van der Waals surface area (Å²) < 4.78 is 37.4. The van der Waals surface area contributed by atoms with Crippen molar-refractivity contribution in [2.45, 2.75) is 71.9 Å². The third-order valence-electron chi connectivity index (χ3n) is 4.22. The van der Waals surface area contributed by atoms with E-state index in [4.69, 9.17) is 48.5 Å². The van der Waals surface area contributed by atoms with Crippen LogP contribution >= 0.6 is 0 Å². The highest BCUT2D eigenvalue weighted by atomic mass is 16.6. The number of ether oxygens (including phenoxy) is 7. The van der Waals surface area contributed by atoms with Crippen LogP contribution in [0.25, 0.3) is 0 Å². The third kappa shape index (κ3) is 29.6. The van der Waals surface area contributed by atoms with E-state index in [-0.39, 0.29) is 44.2 Å².